The first-order chi connectivity index (χ1) is 5.70. The van der Waals surface area contributed by atoms with Crippen LogP contribution in [0.25, 0.3) is 0 Å². The van der Waals surface area contributed by atoms with Crippen molar-refractivity contribution in [3.05, 3.63) is 0 Å². The Morgan fingerprint density at radius 2 is 1.54 bits per heavy atom. The van der Waals surface area contributed by atoms with Crippen molar-refractivity contribution < 1.29 is 17.6 Å². The van der Waals surface area contributed by atoms with Gasteiger partial charge in [0.1, 0.15) is 0 Å². The van der Waals surface area contributed by atoms with Gasteiger partial charge in [-0.05, 0) is 12.3 Å². The van der Waals surface area contributed by atoms with E-state index in [2.05, 4.69) is 0 Å². The van der Waals surface area contributed by atoms with Crippen LogP contribution in [0.3, 0.4) is 0 Å². The van der Waals surface area contributed by atoms with E-state index >= 15 is 0 Å². The third-order valence-electron chi connectivity index (χ3n) is 3.04. The van der Waals surface area contributed by atoms with Gasteiger partial charge in [0.05, 0.1) is 0 Å². The van der Waals surface area contributed by atoms with Crippen LogP contribution in [-0.4, -0.2) is 12.3 Å². The first kappa shape index (κ1) is 12.7. The van der Waals surface area contributed by atoms with E-state index in [4.69, 9.17) is 0 Å². The summed E-state index contributed by atoms with van der Waals surface area (Å²) in [5.74, 6) is -4.38. The zero-order valence-corrected chi connectivity index (χ0v) is 8.37. The van der Waals surface area contributed by atoms with Crippen molar-refractivity contribution in [3.63, 3.8) is 0 Å². The molecule has 0 aromatic carbocycles. The van der Waals surface area contributed by atoms with Gasteiger partial charge in [0, 0.05) is 5.41 Å². The summed E-state index contributed by atoms with van der Waals surface area (Å²) in [6, 6.07) is 0. The van der Waals surface area contributed by atoms with Gasteiger partial charge in [-0.25, -0.2) is 8.78 Å². The van der Waals surface area contributed by atoms with E-state index in [1.54, 1.807) is 13.8 Å². The summed E-state index contributed by atoms with van der Waals surface area (Å²) in [5.41, 5.74) is -1.62. The zero-order chi connectivity index (χ0) is 10.9. The lowest BCUT2D eigenvalue weighted by atomic mass is 9.71. The molecule has 0 nitrogen and oxygen atoms in total. The number of rotatable bonds is 4. The molecule has 0 rings (SSSR count). The molecule has 0 spiro atoms. The number of alkyl halides is 4. The maximum Gasteiger partial charge on any atom is 0.312 e. The van der Waals surface area contributed by atoms with Crippen LogP contribution in [0, 0.1) is 11.3 Å². The maximum atomic E-state index is 13.1. The summed E-state index contributed by atoms with van der Waals surface area (Å²) in [6.07, 6.45) is -3.54. The lowest BCUT2D eigenvalue weighted by Crippen LogP contribution is -2.47. The normalized spacial score (nSPS) is 18.0. The summed E-state index contributed by atoms with van der Waals surface area (Å²) < 4.78 is 50.4. The third kappa shape index (κ3) is 1.97. The molecule has 0 aliphatic rings. The summed E-state index contributed by atoms with van der Waals surface area (Å²) in [7, 11) is 0. The van der Waals surface area contributed by atoms with Crippen molar-refractivity contribution in [3.8, 4) is 0 Å². The lowest BCUT2D eigenvalue weighted by Gasteiger charge is -2.39. The minimum Gasteiger partial charge on any atom is -0.204 e. The van der Waals surface area contributed by atoms with E-state index < -0.39 is 23.7 Å². The van der Waals surface area contributed by atoms with Gasteiger partial charge >= 0.3 is 12.3 Å². The molecular weight excluding hydrogens is 184 g/mol. The molecule has 13 heavy (non-hydrogen) atoms. The van der Waals surface area contributed by atoms with Crippen molar-refractivity contribution in [2.45, 2.75) is 46.5 Å². The highest BCUT2D eigenvalue weighted by Crippen LogP contribution is 2.48. The Morgan fingerprint density at radius 3 is 1.62 bits per heavy atom. The average molecular weight is 200 g/mol. The zero-order valence-electron chi connectivity index (χ0n) is 8.37. The summed E-state index contributed by atoms with van der Waals surface area (Å²) in [4.78, 5) is 0. The lowest BCUT2D eigenvalue weighted by molar-refractivity contribution is -0.217. The summed E-state index contributed by atoms with van der Waals surface area (Å²) in [5, 5.41) is 0. The average Bonchev–Trinajstić information content (AvgIpc) is 2.01. The Kier molecular flexibility index (Phi) is 3.76. The van der Waals surface area contributed by atoms with Crippen LogP contribution in [0.15, 0.2) is 0 Å². The van der Waals surface area contributed by atoms with Crippen LogP contribution >= 0.6 is 0 Å². The van der Waals surface area contributed by atoms with Gasteiger partial charge in [0.2, 0.25) is 0 Å². The predicted molar refractivity (Wildman–Crippen MR) is 44.2 cm³/mol. The first-order valence-corrected chi connectivity index (χ1v) is 4.36. The smallest absolute Gasteiger partial charge is 0.204 e. The monoisotopic (exact) mass is 200 g/mol. The predicted octanol–water partition coefficient (Wildman–Crippen LogP) is 3.96. The van der Waals surface area contributed by atoms with Gasteiger partial charge in [-0.15, -0.1) is 0 Å². The molecule has 1 atom stereocenters. The van der Waals surface area contributed by atoms with Crippen LogP contribution < -0.4 is 0 Å². The molecule has 1 unspecified atom stereocenters. The number of hydrogen-bond donors (Lipinski definition) is 0. The minimum atomic E-state index is -3.91. The van der Waals surface area contributed by atoms with Crippen LogP contribution in [0.4, 0.5) is 17.6 Å². The quantitative estimate of drug-likeness (QED) is 0.602. The molecule has 0 bridgehead atoms. The fourth-order valence-electron chi connectivity index (χ4n) is 1.28. The Bertz CT molecular complexity index is 165. The Labute approximate surface area is 76.3 Å². The highest BCUT2D eigenvalue weighted by Gasteiger charge is 2.57. The Morgan fingerprint density at radius 1 is 1.15 bits per heavy atom. The first-order valence-electron chi connectivity index (χ1n) is 4.36. The van der Waals surface area contributed by atoms with Crippen molar-refractivity contribution in [1.82, 2.24) is 0 Å². The Hall–Kier alpha value is -0.280. The fraction of sp³-hybridized carbons (Fsp3) is 1.00. The molecule has 0 N–H and O–H groups in total. The molecule has 0 aromatic rings. The molecule has 0 aliphatic carbocycles. The molecule has 0 radical (unpaired) electrons. The highest BCUT2D eigenvalue weighted by molar-refractivity contribution is 4.92. The third-order valence-corrected chi connectivity index (χ3v) is 3.04. The van der Waals surface area contributed by atoms with Crippen molar-refractivity contribution >= 4 is 0 Å². The van der Waals surface area contributed by atoms with E-state index in [0.29, 0.717) is 0 Å². The van der Waals surface area contributed by atoms with Crippen molar-refractivity contribution in [2.24, 2.45) is 11.3 Å². The number of halogens is 4. The standard InChI is InChI=1S/C9H16F4/c1-5-8(4,6(2)3)9(12,13)7(10)11/h6-7H,5H2,1-4H3. The van der Waals surface area contributed by atoms with Crippen LogP contribution in [-0.2, 0) is 0 Å². The largest absolute Gasteiger partial charge is 0.312 e. The maximum absolute atomic E-state index is 13.1. The van der Waals surface area contributed by atoms with Gasteiger partial charge in [0.25, 0.3) is 0 Å². The highest BCUT2D eigenvalue weighted by atomic mass is 19.3. The second-order valence-corrected chi connectivity index (χ2v) is 3.85. The van der Waals surface area contributed by atoms with Gasteiger partial charge in [-0.3, -0.25) is 0 Å². The molecule has 0 aromatic heterocycles. The summed E-state index contributed by atoms with van der Waals surface area (Å²) in [6.45, 7) is 5.81. The molecule has 0 heterocycles. The fourth-order valence-corrected chi connectivity index (χ4v) is 1.28. The van der Waals surface area contributed by atoms with E-state index in [9.17, 15) is 17.6 Å². The van der Waals surface area contributed by atoms with E-state index in [-0.39, 0.29) is 6.42 Å². The molecule has 80 valence electrons. The minimum absolute atomic E-state index is 0.0437. The van der Waals surface area contributed by atoms with Crippen LogP contribution in [0.1, 0.15) is 34.1 Å². The van der Waals surface area contributed by atoms with Gasteiger partial charge in [0.15, 0.2) is 0 Å². The molecular formula is C9H16F4. The van der Waals surface area contributed by atoms with Crippen LogP contribution in [0.2, 0.25) is 0 Å². The Balaban J connectivity index is 4.95. The molecule has 0 amide bonds. The summed E-state index contributed by atoms with van der Waals surface area (Å²) >= 11 is 0. The molecule has 4 heteroatoms. The second kappa shape index (κ2) is 3.84. The van der Waals surface area contributed by atoms with E-state index in [1.165, 1.54) is 13.8 Å². The second-order valence-electron chi connectivity index (χ2n) is 3.85. The van der Waals surface area contributed by atoms with Crippen molar-refractivity contribution in [2.75, 3.05) is 0 Å². The van der Waals surface area contributed by atoms with Gasteiger partial charge in [-0.2, -0.15) is 8.78 Å². The van der Waals surface area contributed by atoms with Gasteiger partial charge < -0.3 is 0 Å². The van der Waals surface area contributed by atoms with Crippen molar-refractivity contribution in [1.29, 1.82) is 0 Å². The molecule has 0 aliphatic heterocycles. The van der Waals surface area contributed by atoms with Gasteiger partial charge in [-0.1, -0.05) is 27.7 Å². The van der Waals surface area contributed by atoms with Crippen LogP contribution in [0.5, 0.6) is 0 Å². The number of hydrogen-bond acceptors (Lipinski definition) is 0. The molecule has 0 fully saturated rings. The molecule has 0 saturated heterocycles. The van der Waals surface area contributed by atoms with E-state index in [0.717, 1.165) is 0 Å². The topological polar surface area (TPSA) is 0 Å². The SMILES string of the molecule is CCC(C)(C(C)C)C(F)(F)C(F)F. The molecule has 0 saturated carbocycles. The van der Waals surface area contributed by atoms with E-state index in [1.807, 2.05) is 0 Å².